The van der Waals surface area contributed by atoms with Crippen LogP contribution >= 0.6 is 11.6 Å². The van der Waals surface area contributed by atoms with Crippen molar-refractivity contribution >= 4 is 35.0 Å². The molecule has 0 aliphatic rings. The summed E-state index contributed by atoms with van der Waals surface area (Å²) >= 11 is 6.30. The van der Waals surface area contributed by atoms with Gasteiger partial charge in [-0.1, -0.05) is 11.6 Å². The first-order valence-electron chi connectivity index (χ1n) is 7.56. The van der Waals surface area contributed by atoms with Gasteiger partial charge in [0.25, 0.3) is 0 Å². The third-order valence-corrected chi connectivity index (χ3v) is 4.09. The van der Waals surface area contributed by atoms with Crippen LogP contribution in [-0.4, -0.2) is 31.9 Å². The maximum Gasteiger partial charge on any atom is 0.147 e. The van der Waals surface area contributed by atoms with Gasteiger partial charge in [-0.15, -0.1) is 0 Å². The van der Waals surface area contributed by atoms with Crippen LogP contribution in [0.2, 0.25) is 5.02 Å². The molecule has 0 N–H and O–H groups in total. The van der Waals surface area contributed by atoms with Gasteiger partial charge >= 0.3 is 0 Å². The zero-order valence-electron chi connectivity index (χ0n) is 14.1. The van der Waals surface area contributed by atoms with E-state index in [0.717, 1.165) is 30.3 Å². The lowest BCUT2D eigenvalue weighted by Crippen LogP contribution is -2.14. The van der Waals surface area contributed by atoms with Crippen molar-refractivity contribution in [1.82, 2.24) is 4.90 Å². The van der Waals surface area contributed by atoms with Crippen molar-refractivity contribution in [2.45, 2.75) is 13.8 Å². The van der Waals surface area contributed by atoms with Crippen LogP contribution in [0.1, 0.15) is 12.5 Å². The van der Waals surface area contributed by atoms with Crippen LogP contribution in [0.3, 0.4) is 0 Å². The Kier molecular flexibility index (Phi) is 5.78. The molecule has 0 bridgehead atoms. The van der Waals surface area contributed by atoms with Crippen LogP contribution in [-0.2, 0) is 0 Å². The standard InChI is InChI=1S/C18H20ClF2N3/c1-5-23(3)11-22-16-8-12(2)17(10-14(16)19)24(4)18-9-13(20)6-7-15(18)21/h6-11H,5H2,1-4H3/b22-11-. The van der Waals surface area contributed by atoms with Crippen molar-refractivity contribution in [2.75, 3.05) is 25.5 Å². The Morgan fingerprint density at radius 3 is 2.50 bits per heavy atom. The number of aliphatic imine (C=N–C) groups is 1. The minimum atomic E-state index is -0.499. The molecule has 0 unspecified atom stereocenters. The van der Waals surface area contributed by atoms with Crippen LogP contribution < -0.4 is 4.90 Å². The second kappa shape index (κ2) is 7.62. The normalized spacial score (nSPS) is 11.1. The zero-order chi connectivity index (χ0) is 17.9. The molecule has 0 spiro atoms. The summed E-state index contributed by atoms with van der Waals surface area (Å²) in [6, 6.07) is 6.89. The van der Waals surface area contributed by atoms with Gasteiger partial charge in [0.1, 0.15) is 11.6 Å². The first kappa shape index (κ1) is 18.2. The highest BCUT2D eigenvalue weighted by Crippen LogP contribution is 2.36. The monoisotopic (exact) mass is 351 g/mol. The second-order valence-corrected chi connectivity index (χ2v) is 5.97. The highest BCUT2D eigenvalue weighted by molar-refractivity contribution is 6.33. The quantitative estimate of drug-likeness (QED) is 0.537. The smallest absolute Gasteiger partial charge is 0.147 e. The first-order valence-corrected chi connectivity index (χ1v) is 7.94. The number of nitrogens with zero attached hydrogens (tertiary/aromatic N) is 3. The van der Waals surface area contributed by atoms with E-state index in [1.807, 2.05) is 31.9 Å². The molecule has 0 atom stereocenters. The molecule has 0 amide bonds. The summed E-state index contributed by atoms with van der Waals surface area (Å²) in [5, 5.41) is 0.444. The Labute approximate surface area is 146 Å². The average molecular weight is 352 g/mol. The summed E-state index contributed by atoms with van der Waals surface area (Å²) in [5.74, 6) is -0.994. The van der Waals surface area contributed by atoms with E-state index in [-0.39, 0.29) is 5.69 Å². The van der Waals surface area contributed by atoms with Crippen molar-refractivity contribution in [3.05, 3.63) is 52.6 Å². The van der Waals surface area contributed by atoms with E-state index in [2.05, 4.69) is 4.99 Å². The van der Waals surface area contributed by atoms with E-state index in [0.29, 0.717) is 16.4 Å². The predicted octanol–water partition coefficient (Wildman–Crippen LogP) is 5.31. The molecule has 0 saturated carbocycles. The Balaban J connectivity index is 2.40. The van der Waals surface area contributed by atoms with Gasteiger partial charge in [0.05, 0.1) is 22.7 Å². The molecule has 3 nitrogen and oxygen atoms in total. The fourth-order valence-electron chi connectivity index (χ4n) is 2.23. The lowest BCUT2D eigenvalue weighted by Gasteiger charge is -2.23. The van der Waals surface area contributed by atoms with E-state index >= 15 is 0 Å². The number of hydrogen-bond acceptors (Lipinski definition) is 2. The molecule has 0 radical (unpaired) electrons. The van der Waals surface area contributed by atoms with Crippen molar-refractivity contribution in [1.29, 1.82) is 0 Å². The van der Waals surface area contributed by atoms with Crippen molar-refractivity contribution in [2.24, 2.45) is 4.99 Å². The van der Waals surface area contributed by atoms with Crippen LogP contribution in [0.5, 0.6) is 0 Å². The molecule has 24 heavy (non-hydrogen) atoms. The number of rotatable bonds is 5. The van der Waals surface area contributed by atoms with E-state index in [9.17, 15) is 8.78 Å². The Morgan fingerprint density at radius 1 is 1.12 bits per heavy atom. The van der Waals surface area contributed by atoms with Gasteiger partial charge in [-0.05, 0) is 43.7 Å². The molecule has 0 heterocycles. The van der Waals surface area contributed by atoms with E-state index in [4.69, 9.17) is 11.6 Å². The number of hydrogen-bond donors (Lipinski definition) is 0. The minimum absolute atomic E-state index is 0.149. The molecule has 6 heteroatoms. The third-order valence-electron chi connectivity index (χ3n) is 3.79. The summed E-state index contributed by atoms with van der Waals surface area (Å²) < 4.78 is 27.4. The predicted molar refractivity (Wildman–Crippen MR) is 97.1 cm³/mol. The highest BCUT2D eigenvalue weighted by Gasteiger charge is 2.14. The molecule has 0 fully saturated rings. The van der Waals surface area contributed by atoms with Gasteiger partial charge in [0.15, 0.2) is 0 Å². The zero-order valence-corrected chi connectivity index (χ0v) is 14.9. The van der Waals surface area contributed by atoms with Crippen molar-refractivity contribution in [3.8, 4) is 0 Å². The van der Waals surface area contributed by atoms with Crippen LogP contribution in [0.4, 0.5) is 25.8 Å². The maximum atomic E-state index is 14.0. The van der Waals surface area contributed by atoms with Crippen LogP contribution in [0, 0.1) is 18.6 Å². The van der Waals surface area contributed by atoms with E-state index < -0.39 is 11.6 Å². The molecule has 0 aliphatic carbocycles. The average Bonchev–Trinajstić information content (AvgIpc) is 2.56. The van der Waals surface area contributed by atoms with Gasteiger partial charge in [0.2, 0.25) is 0 Å². The fourth-order valence-corrected chi connectivity index (χ4v) is 2.44. The summed E-state index contributed by atoms with van der Waals surface area (Å²) in [5.41, 5.74) is 2.33. The molecule has 2 aromatic rings. The maximum absolute atomic E-state index is 14.0. The SMILES string of the molecule is CCN(C)/C=N\c1cc(C)c(N(C)c2cc(F)ccc2F)cc1Cl. The molecule has 2 aromatic carbocycles. The van der Waals surface area contributed by atoms with Crippen molar-refractivity contribution < 1.29 is 8.78 Å². The summed E-state index contributed by atoms with van der Waals surface area (Å²) in [4.78, 5) is 7.86. The van der Waals surface area contributed by atoms with Crippen molar-refractivity contribution in [3.63, 3.8) is 0 Å². The largest absolute Gasteiger partial charge is 0.366 e. The van der Waals surface area contributed by atoms with Gasteiger partial charge in [-0.3, -0.25) is 0 Å². The minimum Gasteiger partial charge on any atom is -0.366 e. The number of anilines is 2. The van der Waals surface area contributed by atoms with Gasteiger partial charge in [0, 0.05) is 32.4 Å². The molecule has 2 rings (SSSR count). The molecular weight excluding hydrogens is 332 g/mol. The Hall–Kier alpha value is -2.14. The summed E-state index contributed by atoms with van der Waals surface area (Å²) in [6.07, 6.45) is 1.70. The van der Waals surface area contributed by atoms with Gasteiger partial charge < -0.3 is 9.80 Å². The highest BCUT2D eigenvalue weighted by atomic mass is 35.5. The molecular formula is C18H20ClF2N3. The fraction of sp³-hybridized carbons (Fsp3) is 0.278. The topological polar surface area (TPSA) is 18.8 Å². The van der Waals surface area contributed by atoms with Crippen LogP contribution in [0.15, 0.2) is 35.3 Å². The first-order chi connectivity index (χ1) is 11.3. The number of benzene rings is 2. The van der Waals surface area contributed by atoms with E-state index in [1.165, 1.54) is 0 Å². The number of halogens is 3. The van der Waals surface area contributed by atoms with Gasteiger partial charge in [-0.2, -0.15) is 0 Å². The summed E-state index contributed by atoms with van der Waals surface area (Å²) in [6.45, 7) is 4.73. The molecule has 0 aliphatic heterocycles. The lowest BCUT2D eigenvalue weighted by molar-refractivity contribution is 0.552. The molecule has 0 aromatic heterocycles. The molecule has 128 valence electrons. The second-order valence-electron chi connectivity index (χ2n) is 5.56. The molecule has 0 saturated heterocycles. The van der Waals surface area contributed by atoms with E-state index in [1.54, 1.807) is 24.4 Å². The summed E-state index contributed by atoms with van der Waals surface area (Å²) in [7, 11) is 3.59. The Morgan fingerprint density at radius 2 is 1.83 bits per heavy atom. The Bertz CT molecular complexity index is 762. The third kappa shape index (κ3) is 4.03. The van der Waals surface area contributed by atoms with Gasteiger partial charge in [-0.25, -0.2) is 13.8 Å². The number of aryl methyl sites for hydroxylation is 1. The lowest BCUT2D eigenvalue weighted by atomic mass is 10.1. The van der Waals surface area contributed by atoms with Crippen LogP contribution in [0.25, 0.3) is 0 Å².